The summed E-state index contributed by atoms with van der Waals surface area (Å²) in [5.41, 5.74) is 1.64. The van der Waals surface area contributed by atoms with Crippen molar-refractivity contribution in [2.45, 2.75) is 64.6 Å². The van der Waals surface area contributed by atoms with Crippen molar-refractivity contribution in [1.82, 2.24) is 5.32 Å². The summed E-state index contributed by atoms with van der Waals surface area (Å²) in [6, 6.07) is 1.85. The molecule has 2 aromatic rings. The predicted molar refractivity (Wildman–Crippen MR) is 112 cm³/mol. The van der Waals surface area contributed by atoms with E-state index >= 15 is 0 Å². The Labute approximate surface area is 175 Å². The topological polar surface area (TPSA) is 87.0 Å². The number of hydrogen-bond acceptors (Lipinski definition) is 6. The Bertz CT molecular complexity index is 1030. The van der Waals surface area contributed by atoms with Crippen LogP contribution in [0, 0.1) is 6.92 Å². The number of aryl methyl sites for hydroxylation is 2. The van der Waals surface area contributed by atoms with Crippen molar-refractivity contribution in [3.05, 3.63) is 33.2 Å². The van der Waals surface area contributed by atoms with Crippen LogP contribution in [-0.2, 0) is 22.4 Å². The van der Waals surface area contributed by atoms with Gasteiger partial charge in [-0.05, 0) is 52.0 Å². The van der Waals surface area contributed by atoms with Crippen LogP contribution >= 0.6 is 0 Å². The van der Waals surface area contributed by atoms with Crippen molar-refractivity contribution in [1.29, 1.82) is 0 Å². The minimum Gasteiger partial charge on any atom is -0.496 e. The van der Waals surface area contributed by atoms with Gasteiger partial charge in [-0.3, -0.25) is 4.79 Å². The lowest BCUT2D eigenvalue weighted by Gasteiger charge is -2.33. The molecule has 0 unspecified atom stereocenters. The highest BCUT2D eigenvalue weighted by Crippen LogP contribution is 2.43. The third-order valence-corrected chi connectivity index (χ3v) is 6.05. The largest absolute Gasteiger partial charge is 0.496 e. The Morgan fingerprint density at radius 3 is 2.87 bits per heavy atom. The summed E-state index contributed by atoms with van der Waals surface area (Å²) in [6.45, 7) is 7.10. The van der Waals surface area contributed by atoms with Crippen LogP contribution in [-0.4, -0.2) is 37.9 Å². The number of carbonyl (C=O) groups is 1. The summed E-state index contributed by atoms with van der Waals surface area (Å²) in [4.78, 5) is 25.3. The Hall–Kier alpha value is -2.54. The van der Waals surface area contributed by atoms with Crippen molar-refractivity contribution >= 4 is 16.9 Å². The number of fused-ring (bicyclic) bond motifs is 3. The zero-order chi connectivity index (χ0) is 21.5. The summed E-state index contributed by atoms with van der Waals surface area (Å²) < 4.78 is 23.0. The lowest BCUT2D eigenvalue weighted by Crippen LogP contribution is -2.34. The Kier molecular flexibility index (Phi) is 5.49. The van der Waals surface area contributed by atoms with Crippen molar-refractivity contribution in [3.8, 4) is 11.5 Å². The molecule has 30 heavy (non-hydrogen) atoms. The first-order valence-electron chi connectivity index (χ1n) is 10.5. The van der Waals surface area contributed by atoms with Gasteiger partial charge in [0.1, 0.15) is 22.7 Å². The predicted octanol–water partition coefficient (Wildman–Crippen LogP) is 3.05. The molecule has 1 N–H and O–H groups in total. The van der Waals surface area contributed by atoms with E-state index in [-0.39, 0.29) is 24.0 Å². The monoisotopic (exact) mass is 415 g/mol. The van der Waals surface area contributed by atoms with Gasteiger partial charge < -0.3 is 23.9 Å². The fraction of sp³-hybridized carbons (Fsp3) is 0.565. The van der Waals surface area contributed by atoms with Gasteiger partial charge in [0.05, 0.1) is 30.6 Å². The van der Waals surface area contributed by atoms with E-state index in [0.29, 0.717) is 34.8 Å². The van der Waals surface area contributed by atoms with E-state index < -0.39 is 5.63 Å². The minimum absolute atomic E-state index is 0.0411. The molecule has 1 aromatic heterocycles. The summed E-state index contributed by atoms with van der Waals surface area (Å²) in [5.74, 6) is 1.03. The van der Waals surface area contributed by atoms with E-state index in [9.17, 15) is 9.59 Å². The van der Waals surface area contributed by atoms with Gasteiger partial charge in [0, 0.05) is 24.8 Å². The van der Waals surface area contributed by atoms with Crippen LogP contribution in [0.25, 0.3) is 11.0 Å². The molecule has 0 radical (unpaired) electrons. The van der Waals surface area contributed by atoms with Gasteiger partial charge in [0.15, 0.2) is 0 Å². The van der Waals surface area contributed by atoms with Gasteiger partial charge in [-0.2, -0.15) is 0 Å². The zero-order valence-corrected chi connectivity index (χ0v) is 18.1. The second-order valence-corrected chi connectivity index (χ2v) is 8.73. The number of carbonyl (C=O) groups excluding carboxylic acids is 1. The Balaban J connectivity index is 1.69. The first-order chi connectivity index (χ1) is 14.3. The molecule has 162 valence electrons. The maximum Gasteiger partial charge on any atom is 0.340 e. The van der Waals surface area contributed by atoms with Crippen LogP contribution in [0.15, 0.2) is 15.3 Å². The molecule has 7 nitrogen and oxygen atoms in total. The molecule has 3 heterocycles. The van der Waals surface area contributed by atoms with E-state index in [0.717, 1.165) is 43.2 Å². The molecule has 1 atom stereocenters. The Morgan fingerprint density at radius 1 is 1.37 bits per heavy atom. The van der Waals surface area contributed by atoms with Crippen molar-refractivity contribution in [2.24, 2.45) is 0 Å². The summed E-state index contributed by atoms with van der Waals surface area (Å²) in [6.07, 6.45) is 3.53. The highest BCUT2D eigenvalue weighted by molar-refractivity contribution is 5.93. The smallest absolute Gasteiger partial charge is 0.340 e. The molecule has 2 aliphatic heterocycles. The van der Waals surface area contributed by atoms with E-state index in [1.807, 2.05) is 26.8 Å². The molecule has 0 aliphatic carbocycles. The third kappa shape index (κ3) is 3.90. The lowest BCUT2D eigenvalue weighted by molar-refractivity contribution is -0.121. The maximum absolute atomic E-state index is 12.8. The fourth-order valence-electron chi connectivity index (χ4n) is 4.30. The van der Waals surface area contributed by atoms with Gasteiger partial charge >= 0.3 is 5.63 Å². The molecule has 1 fully saturated rings. The average molecular weight is 415 g/mol. The second-order valence-electron chi connectivity index (χ2n) is 8.73. The molecule has 0 bridgehead atoms. The molecule has 1 amide bonds. The van der Waals surface area contributed by atoms with Crippen LogP contribution in [0.2, 0.25) is 0 Å². The zero-order valence-electron chi connectivity index (χ0n) is 18.1. The molecule has 0 saturated carbocycles. The van der Waals surface area contributed by atoms with Crippen molar-refractivity contribution in [3.63, 3.8) is 0 Å². The number of hydrogen-bond donors (Lipinski definition) is 1. The molecular formula is C23H29NO6. The van der Waals surface area contributed by atoms with Crippen molar-refractivity contribution < 1.29 is 23.4 Å². The minimum atomic E-state index is -0.493. The quantitative estimate of drug-likeness (QED) is 0.756. The van der Waals surface area contributed by atoms with Crippen molar-refractivity contribution in [2.75, 3.05) is 20.3 Å². The number of methoxy groups -OCH3 is 1. The van der Waals surface area contributed by atoms with Gasteiger partial charge in [0.2, 0.25) is 5.91 Å². The van der Waals surface area contributed by atoms with Gasteiger partial charge in [-0.15, -0.1) is 0 Å². The molecular weight excluding hydrogens is 386 g/mol. The third-order valence-electron chi connectivity index (χ3n) is 6.05. The average Bonchev–Trinajstić information content (AvgIpc) is 3.21. The number of ether oxygens (including phenoxy) is 3. The molecule has 1 saturated heterocycles. The molecule has 1 aromatic carbocycles. The van der Waals surface area contributed by atoms with Crippen LogP contribution in [0.1, 0.15) is 49.8 Å². The fourth-order valence-corrected chi connectivity index (χ4v) is 4.30. The SMILES string of the molecule is COc1cc2c(c3oc(=O)c(CC(=O)NC[C@H]4CCCO4)c(C)c13)CCC(C)(C)O2. The second kappa shape index (κ2) is 7.95. The van der Waals surface area contributed by atoms with Crippen LogP contribution in [0.3, 0.4) is 0 Å². The number of rotatable bonds is 5. The molecule has 7 heteroatoms. The van der Waals surface area contributed by atoms with E-state index in [1.54, 1.807) is 7.11 Å². The van der Waals surface area contributed by atoms with E-state index in [1.165, 1.54) is 0 Å². The molecule has 0 spiro atoms. The normalized spacial score (nSPS) is 19.9. The van der Waals surface area contributed by atoms with Crippen LogP contribution < -0.4 is 20.4 Å². The van der Waals surface area contributed by atoms with Crippen LogP contribution in [0.4, 0.5) is 0 Å². The van der Waals surface area contributed by atoms with Gasteiger partial charge in [-0.25, -0.2) is 4.79 Å². The summed E-state index contributed by atoms with van der Waals surface area (Å²) in [7, 11) is 1.58. The maximum atomic E-state index is 12.8. The van der Waals surface area contributed by atoms with Gasteiger partial charge in [-0.1, -0.05) is 0 Å². The summed E-state index contributed by atoms with van der Waals surface area (Å²) >= 11 is 0. The van der Waals surface area contributed by atoms with E-state index in [4.69, 9.17) is 18.6 Å². The van der Waals surface area contributed by atoms with E-state index in [2.05, 4.69) is 5.32 Å². The standard InChI is InChI=1S/C23H29NO6/c1-13-16(10-19(25)24-12-14-6-5-9-28-14)22(26)29-21-15-7-8-23(2,3)30-17(15)11-18(27-4)20(13)21/h11,14H,5-10,12H2,1-4H3,(H,24,25)/t14-/m1/s1. The first-order valence-corrected chi connectivity index (χ1v) is 10.5. The number of benzene rings is 1. The molecule has 2 aliphatic rings. The Morgan fingerprint density at radius 2 is 2.17 bits per heavy atom. The number of nitrogens with one attached hydrogen (secondary N) is 1. The number of amides is 1. The van der Waals surface area contributed by atoms with Gasteiger partial charge in [0.25, 0.3) is 0 Å². The highest BCUT2D eigenvalue weighted by atomic mass is 16.5. The van der Waals surface area contributed by atoms with Crippen LogP contribution in [0.5, 0.6) is 11.5 Å². The lowest BCUT2D eigenvalue weighted by atomic mass is 9.91. The molecule has 4 rings (SSSR count). The first kappa shape index (κ1) is 20.7. The summed E-state index contributed by atoms with van der Waals surface area (Å²) in [5, 5.41) is 3.59. The highest BCUT2D eigenvalue weighted by Gasteiger charge is 2.31.